The van der Waals surface area contributed by atoms with Gasteiger partial charge in [0, 0.05) is 27.9 Å². The predicted molar refractivity (Wildman–Crippen MR) is 148 cm³/mol. The van der Waals surface area contributed by atoms with Gasteiger partial charge in [-0.05, 0) is 66.7 Å². The molecule has 0 unspecified atom stereocenters. The van der Waals surface area contributed by atoms with Gasteiger partial charge >= 0.3 is 0 Å². The van der Waals surface area contributed by atoms with Gasteiger partial charge in [-0.2, -0.15) is 8.78 Å². The van der Waals surface area contributed by atoms with Gasteiger partial charge in [0.2, 0.25) is 0 Å². The standard InChI is InChI=1S/C28H20F2N4O3S2/c29-28(30)38-20-13-11-18(12-14-20)34-39(36,37)21-7-5-6-19(16-21)32-27(35)23-17-26(25-10-3-4-15-31-25)33-24-9-2-1-8-22(23)24/h1-17,28,34H,(H,32,35). The first-order valence-electron chi connectivity index (χ1n) is 11.6. The molecule has 5 aromatic rings. The molecule has 196 valence electrons. The number of hydrogen-bond acceptors (Lipinski definition) is 6. The van der Waals surface area contributed by atoms with Crippen molar-refractivity contribution in [3.63, 3.8) is 0 Å². The van der Waals surface area contributed by atoms with E-state index in [4.69, 9.17) is 0 Å². The summed E-state index contributed by atoms with van der Waals surface area (Å²) in [5.41, 5.74) is 2.59. The molecule has 0 bridgehead atoms. The molecule has 0 aliphatic carbocycles. The van der Waals surface area contributed by atoms with Crippen LogP contribution in [0.2, 0.25) is 0 Å². The number of anilines is 2. The van der Waals surface area contributed by atoms with Crippen molar-refractivity contribution in [2.24, 2.45) is 0 Å². The van der Waals surface area contributed by atoms with Crippen LogP contribution in [-0.2, 0) is 10.0 Å². The lowest BCUT2D eigenvalue weighted by Gasteiger charge is -2.12. The van der Waals surface area contributed by atoms with Crippen LogP contribution < -0.4 is 10.0 Å². The number of para-hydroxylation sites is 1. The summed E-state index contributed by atoms with van der Waals surface area (Å²) in [6.45, 7) is 0. The van der Waals surface area contributed by atoms with Crippen molar-refractivity contribution in [2.45, 2.75) is 15.5 Å². The van der Waals surface area contributed by atoms with Crippen LogP contribution in [0, 0.1) is 0 Å². The zero-order valence-corrected chi connectivity index (χ0v) is 21.7. The van der Waals surface area contributed by atoms with Crippen LogP contribution in [0.5, 0.6) is 0 Å². The Morgan fingerprint density at radius 3 is 2.33 bits per heavy atom. The number of aromatic nitrogens is 2. The van der Waals surface area contributed by atoms with Crippen molar-refractivity contribution in [3.05, 3.63) is 109 Å². The zero-order valence-electron chi connectivity index (χ0n) is 20.1. The van der Waals surface area contributed by atoms with Crippen molar-refractivity contribution in [1.29, 1.82) is 0 Å². The molecular formula is C28H20F2N4O3S2. The molecule has 2 heterocycles. The second-order valence-corrected chi connectivity index (χ2v) is 11.0. The Morgan fingerprint density at radius 2 is 1.59 bits per heavy atom. The van der Waals surface area contributed by atoms with Gasteiger partial charge in [-0.15, -0.1) is 0 Å². The fourth-order valence-electron chi connectivity index (χ4n) is 3.87. The zero-order chi connectivity index (χ0) is 27.4. The average Bonchev–Trinajstić information content (AvgIpc) is 2.93. The van der Waals surface area contributed by atoms with E-state index in [-0.39, 0.29) is 16.3 Å². The van der Waals surface area contributed by atoms with Gasteiger partial charge < -0.3 is 5.32 Å². The number of nitrogens with one attached hydrogen (secondary N) is 2. The Balaban J connectivity index is 1.40. The lowest BCUT2D eigenvalue weighted by molar-refractivity contribution is 0.102. The number of hydrogen-bond donors (Lipinski definition) is 2. The lowest BCUT2D eigenvalue weighted by Crippen LogP contribution is -2.15. The number of carbonyl (C=O) groups is 1. The Kier molecular flexibility index (Phi) is 7.53. The fourth-order valence-corrected chi connectivity index (χ4v) is 5.47. The second kappa shape index (κ2) is 11.2. The summed E-state index contributed by atoms with van der Waals surface area (Å²) in [6, 6.07) is 25.7. The summed E-state index contributed by atoms with van der Waals surface area (Å²) >= 11 is 0.369. The summed E-state index contributed by atoms with van der Waals surface area (Å²) in [5.74, 6) is -3.02. The van der Waals surface area contributed by atoms with Crippen LogP contribution in [-0.4, -0.2) is 30.1 Å². The monoisotopic (exact) mass is 562 g/mol. The maximum Gasteiger partial charge on any atom is 0.288 e. The molecule has 0 spiro atoms. The van der Waals surface area contributed by atoms with Gasteiger partial charge in [-0.1, -0.05) is 42.1 Å². The molecule has 2 aromatic heterocycles. The van der Waals surface area contributed by atoms with Crippen LogP contribution in [0.1, 0.15) is 10.4 Å². The summed E-state index contributed by atoms with van der Waals surface area (Å²) in [7, 11) is -4.02. The first-order chi connectivity index (χ1) is 18.8. The van der Waals surface area contributed by atoms with Crippen LogP contribution >= 0.6 is 11.8 Å². The maximum atomic E-state index is 13.4. The smallest absolute Gasteiger partial charge is 0.288 e. The molecule has 7 nitrogen and oxygen atoms in total. The van der Waals surface area contributed by atoms with E-state index >= 15 is 0 Å². The molecule has 0 fully saturated rings. The summed E-state index contributed by atoms with van der Waals surface area (Å²) in [6.07, 6.45) is 1.64. The summed E-state index contributed by atoms with van der Waals surface area (Å²) in [4.78, 5) is 22.6. The van der Waals surface area contributed by atoms with E-state index in [1.165, 1.54) is 42.5 Å². The molecule has 0 aliphatic rings. The van der Waals surface area contributed by atoms with Gasteiger partial charge in [0.1, 0.15) is 0 Å². The van der Waals surface area contributed by atoms with Crippen molar-refractivity contribution in [1.82, 2.24) is 9.97 Å². The van der Waals surface area contributed by atoms with Gasteiger partial charge in [0.05, 0.1) is 27.4 Å². The average molecular weight is 563 g/mol. The molecule has 0 radical (unpaired) electrons. The molecule has 0 saturated heterocycles. The molecule has 0 atom stereocenters. The third-order valence-electron chi connectivity index (χ3n) is 5.62. The van der Waals surface area contributed by atoms with E-state index in [9.17, 15) is 22.0 Å². The lowest BCUT2D eigenvalue weighted by atomic mass is 10.1. The van der Waals surface area contributed by atoms with Gasteiger partial charge in [0.15, 0.2) is 0 Å². The van der Waals surface area contributed by atoms with Gasteiger partial charge in [-0.3, -0.25) is 14.5 Å². The van der Waals surface area contributed by atoms with Crippen molar-refractivity contribution >= 4 is 50.0 Å². The molecule has 5 rings (SSSR count). The van der Waals surface area contributed by atoms with Crippen molar-refractivity contribution < 1.29 is 22.0 Å². The third-order valence-corrected chi connectivity index (χ3v) is 7.72. The number of fused-ring (bicyclic) bond motifs is 1. The van der Waals surface area contributed by atoms with E-state index in [1.54, 1.807) is 48.7 Å². The molecule has 39 heavy (non-hydrogen) atoms. The predicted octanol–water partition coefficient (Wildman–Crippen LogP) is 6.66. The number of benzene rings is 3. The molecule has 2 N–H and O–H groups in total. The minimum atomic E-state index is -4.02. The number of amides is 1. The van der Waals surface area contributed by atoms with Crippen LogP contribution in [0.15, 0.2) is 113 Å². The van der Waals surface area contributed by atoms with Gasteiger partial charge in [0.25, 0.3) is 21.7 Å². The van der Waals surface area contributed by atoms with Gasteiger partial charge in [-0.25, -0.2) is 13.4 Å². The van der Waals surface area contributed by atoms with E-state index in [2.05, 4.69) is 20.0 Å². The second-order valence-electron chi connectivity index (χ2n) is 8.28. The summed E-state index contributed by atoms with van der Waals surface area (Å²) in [5, 5.41) is 3.41. The first-order valence-corrected chi connectivity index (χ1v) is 13.9. The highest BCUT2D eigenvalue weighted by Crippen LogP contribution is 2.28. The normalized spacial score (nSPS) is 11.5. The van der Waals surface area contributed by atoms with E-state index in [1.807, 2.05) is 12.1 Å². The third kappa shape index (κ3) is 6.21. The highest BCUT2D eigenvalue weighted by Gasteiger charge is 2.18. The Hall–Kier alpha value is -4.35. The topological polar surface area (TPSA) is 101 Å². The molecule has 11 heteroatoms. The van der Waals surface area contributed by atoms with Crippen LogP contribution in [0.25, 0.3) is 22.3 Å². The SMILES string of the molecule is O=C(Nc1cccc(S(=O)(=O)Nc2ccc(SC(F)F)cc2)c1)c1cc(-c2ccccn2)nc2ccccc12. The van der Waals surface area contributed by atoms with Crippen LogP contribution in [0.4, 0.5) is 20.2 Å². The highest BCUT2D eigenvalue weighted by molar-refractivity contribution is 7.99. The first kappa shape index (κ1) is 26.3. The number of thioether (sulfide) groups is 1. The highest BCUT2D eigenvalue weighted by atomic mass is 32.2. The molecule has 0 saturated carbocycles. The Morgan fingerprint density at radius 1 is 0.821 bits per heavy atom. The Labute approximate surface area is 227 Å². The number of nitrogens with zero attached hydrogens (tertiary/aromatic N) is 2. The maximum absolute atomic E-state index is 13.4. The number of halogens is 2. The number of rotatable bonds is 8. The van der Waals surface area contributed by atoms with E-state index < -0.39 is 21.7 Å². The van der Waals surface area contributed by atoms with E-state index in [0.29, 0.717) is 44.5 Å². The largest absolute Gasteiger partial charge is 0.322 e. The quantitative estimate of drug-likeness (QED) is 0.205. The number of alkyl halides is 2. The molecule has 3 aromatic carbocycles. The van der Waals surface area contributed by atoms with Crippen molar-refractivity contribution in [2.75, 3.05) is 10.0 Å². The Bertz CT molecular complexity index is 1750. The minimum absolute atomic E-state index is 0.0832. The van der Waals surface area contributed by atoms with E-state index in [0.717, 1.165) is 0 Å². The molecule has 0 aliphatic heterocycles. The fraction of sp³-hybridized carbons (Fsp3) is 0.0357. The molecule has 1 amide bonds. The molecular weight excluding hydrogens is 542 g/mol. The minimum Gasteiger partial charge on any atom is -0.322 e. The number of sulfonamides is 1. The van der Waals surface area contributed by atoms with Crippen molar-refractivity contribution in [3.8, 4) is 11.4 Å². The van der Waals surface area contributed by atoms with Crippen LogP contribution in [0.3, 0.4) is 0 Å². The summed E-state index contributed by atoms with van der Waals surface area (Å²) < 4.78 is 53.5. The number of pyridine rings is 2. The number of carbonyl (C=O) groups excluding carboxylic acids is 1.